The molecule has 7 heteroatoms. The Morgan fingerprint density at radius 3 is 2.35 bits per heavy atom. The highest BCUT2D eigenvalue weighted by Crippen LogP contribution is 2.27. The Hall–Kier alpha value is -4.26. The molecule has 0 spiro atoms. The quantitative estimate of drug-likeness (QED) is 0.482. The summed E-state index contributed by atoms with van der Waals surface area (Å²) in [6, 6.07) is 23.9. The van der Waals surface area contributed by atoms with Gasteiger partial charge in [0.15, 0.2) is 6.10 Å². The second-order valence-electron chi connectivity index (χ2n) is 6.84. The fraction of sp³-hybridized carbons (Fsp3) is 0.0833. The van der Waals surface area contributed by atoms with Crippen LogP contribution in [0, 0.1) is 0 Å². The highest BCUT2D eigenvalue weighted by molar-refractivity contribution is 6.00. The molecule has 1 aromatic heterocycles. The van der Waals surface area contributed by atoms with Crippen molar-refractivity contribution in [1.82, 2.24) is 14.8 Å². The molecule has 0 saturated heterocycles. The molecule has 1 atom stereocenters. The summed E-state index contributed by atoms with van der Waals surface area (Å²) in [6.45, 7) is 1.54. The minimum absolute atomic E-state index is 0.341. The van der Waals surface area contributed by atoms with E-state index in [1.165, 1.54) is 6.33 Å². The van der Waals surface area contributed by atoms with Gasteiger partial charge < -0.3 is 10.1 Å². The van der Waals surface area contributed by atoms with E-state index in [2.05, 4.69) is 15.4 Å². The summed E-state index contributed by atoms with van der Waals surface area (Å²) in [5, 5.41) is 6.90. The molecule has 3 aromatic carbocycles. The van der Waals surface area contributed by atoms with E-state index >= 15 is 0 Å². The van der Waals surface area contributed by atoms with Crippen molar-refractivity contribution in [3.63, 3.8) is 0 Å². The number of hydrogen-bond acceptors (Lipinski definition) is 5. The first-order chi connectivity index (χ1) is 15.1. The number of carbonyl (C=O) groups is 2. The molecule has 0 aliphatic rings. The van der Waals surface area contributed by atoms with E-state index < -0.39 is 18.0 Å². The van der Waals surface area contributed by atoms with Crippen LogP contribution in [-0.2, 0) is 9.53 Å². The summed E-state index contributed by atoms with van der Waals surface area (Å²) in [5.41, 5.74) is 3.62. The van der Waals surface area contributed by atoms with Gasteiger partial charge in [-0.1, -0.05) is 48.5 Å². The number of rotatable bonds is 6. The van der Waals surface area contributed by atoms with Crippen molar-refractivity contribution in [2.75, 3.05) is 5.32 Å². The smallest absolute Gasteiger partial charge is 0.338 e. The third-order valence-electron chi connectivity index (χ3n) is 4.71. The van der Waals surface area contributed by atoms with Crippen molar-refractivity contribution in [2.24, 2.45) is 0 Å². The molecule has 0 aliphatic heterocycles. The van der Waals surface area contributed by atoms with Crippen LogP contribution in [0.1, 0.15) is 17.3 Å². The van der Waals surface area contributed by atoms with E-state index in [0.29, 0.717) is 11.3 Å². The van der Waals surface area contributed by atoms with Crippen LogP contribution in [0.4, 0.5) is 5.69 Å². The molecule has 4 rings (SSSR count). The highest BCUT2D eigenvalue weighted by atomic mass is 16.5. The normalized spacial score (nSPS) is 11.5. The average Bonchev–Trinajstić information content (AvgIpc) is 3.35. The number of nitrogens with zero attached hydrogens (tertiary/aromatic N) is 3. The van der Waals surface area contributed by atoms with E-state index in [0.717, 1.165) is 16.8 Å². The van der Waals surface area contributed by atoms with Gasteiger partial charge in [0.25, 0.3) is 5.91 Å². The first-order valence-electron chi connectivity index (χ1n) is 9.73. The third kappa shape index (κ3) is 4.67. The summed E-state index contributed by atoms with van der Waals surface area (Å²) in [7, 11) is 0. The van der Waals surface area contributed by atoms with Crippen molar-refractivity contribution in [2.45, 2.75) is 13.0 Å². The summed E-state index contributed by atoms with van der Waals surface area (Å²) in [4.78, 5) is 29.0. The number of carbonyl (C=O) groups excluding carboxylic acids is 2. The van der Waals surface area contributed by atoms with Gasteiger partial charge in [-0.3, -0.25) is 4.79 Å². The lowest BCUT2D eigenvalue weighted by Gasteiger charge is -2.16. The van der Waals surface area contributed by atoms with Gasteiger partial charge in [0.2, 0.25) is 0 Å². The number of nitrogens with one attached hydrogen (secondary N) is 1. The Balaban J connectivity index is 1.42. The van der Waals surface area contributed by atoms with E-state index in [9.17, 15) is 9.59 Å². The molecular weight excluding hydrogens is 392 g/mol. The molecule has 0 aliphatic carbocycles. The molecule has 0 fully saturated rings. The maximum atomic E-state index is 12.7. The predicted octanol–water partition coefficient (Wildman–Crippen LogP) is 4.12. The number of anilines is 1. The first-order valence-corrected chi connectivity index (χ1v) is 9.73. The number of ether oxygens (including phenoxy) is 1. The second kappa shape index (κ2) is 9.04. The van der Waals surface area contributed by atoms with Crippen molar-refractivity contribution >= 4 is 17.6 Å². The van der Waals surface area contributed by atoms with Crippen LogP contribution in [0.5, 0.6) is 0 Å². The minimum atomic E-state index is -0.966. The molecule has 7 nitrogen and oxygen atoms in total. The summed E-state index contributed by atoms with van der Waals surface area (Å²) in [6.07, 6.45) is 2.03. The Kier molecular flexibility index (Phi) is 5.84. The van der Waals surface area contributed by atoms with Gasteiger partial charge in [0, 0.05) is 11.3 Å². The topological polar surface area (TPSA) is 86.1 Å². The van der Waals surface area contributed by atoms with Crippen molar-refractivity contribution in [1.29, 1.82) is 0 Å². The molecule has 31 heavy (non-hydrogen) atoms. The molecule has 1 N–H and O–H groups in total. The lowest BCUT2D eigenvalue weighted by molar-refractivity contribution is -0.123. The van der Waals surface area contributed by atoms with Gasteiger partial charge >= 0.3 is 5.97 Å². The van der Waals surface area contributed by atoms with Crippen LogP contribution in [0.2, 0.25) is 0 Å². The van der Waals surface area contributed by atoms with Gasteiger partial charge in [0.1, 0.15) is 12.7 Å². The summed E-state index contributed by atoms with van der Waals surface area (Å²) < 4.78 is 6.94. The first kappa shape index (κ1) is 20.0. The SMILES string of the molecule is C[C@H](OC(=O)c1ccc(-n2cncn2)cc1)C(=O)Nc1ccccc1-c1ccccc1. The molecule has 1 amide bonds. The van der Waals surface area contributed by atoms with Gasteiger partial charge in [-0.05, 0) is 42.8 Å². The molecule has 0 radical (unpaired) electrons. The maximum absolute atomic E-state index is 12.7. The number of benzene rings is 3. The van der Waals surface area contributed by atoms with Crippen molar-refractivity contribution in [3.05, 3.63) is 97.1 Å². The van der Waals surface area contributed by atoms with Crippen LogP contribution in [0.3, 0.4) is 0 Å². The Morgan fingerprint density at radius 1 is 0.935 bits per heavy atom. The largest absolute Gasteiger partial charge is 0.449 e. The van der Waals surface area contributed by atoms with E-state index in [1.54, 1.807) is 42.2 Å². The molecule has 0 saturated carbocycles. The number of aromatic nitrogens is 3. The van der Waals surface area contributed by atoms with Crippen molar-refractivity contribution < 1.29 is 14.3 Å². The molecule has 0 bridgehead atoms. The fourth-order valence-corrected chi connectivity index (χ4v) is 3.07. The molecule has 0 unspecified atom stereocenters. The van der Waals surface area contributed by atoms with E-state index in [1.807, 2.05) is 54.6 Å². The highest BCUT2D eigenvalue weighted by Gasteiger charge is 2.20. The Labute approximate surface area is 179 Å². The number of esters is 1. The predicted molar refractivity (Wildman–Crippen MR) is 117 cm³/mol. The standard InChI is InChI=1S/C24H20N4O3/c1-17(31-24(30)19-11-13-20(14-12-19)28-16-25-15-26-28)23(29)27-22-10-6-5-9-21(22)18-7-3-2-4-8-18/h2-17H,1H3,(H,27,29)/t17-/m0/s1. The maximum Gasteiger partial charge on any atom is 0.338 e. The lowest BCUT2D eigenvalue weighted by Crippen LogP contribution is -2.30. The van der Waals surface area contributed by atoms with Gasteiger partial charge in [-0.15, -0.1) is 0 Å². The summed E-state index contributed by atoms with van der Waals surface area (Å²) >= 11 is 0. The van der Waals surface area contributed by atoms with Gasteiger partial charge in [0.05, 0.1) is 11.3 Å². The molecular formula is C24H20N4O3. The van der Waals surface area contributed by atoms with Crippen LogP contribution in [0.15, 0.2) is 91.5 Å². The fourth-order valence-electron chi connectivity index (χ4n) is 3.07. The van der Waals surface area contributed by atoms with Crippen LogP contribution < -0.4 is 5.32 Å². The van der Waals surface area contributed by atoms with Crippen LogP contribution in [-0.4, -0.2) is 32.7 Å². The van der Waals surface area contributed by atoms with Crippen molar-refractivity contribution in [3.8, 4) is 16.8 Å². The van der Waals surface area contributed by atoms with Gasteiger partial charge in [-0.25, -0.2) is 14.5 Å². The number of hydrogen-bond donors (Lipinski definition) is 1. The van der Waals surface area contributed by atoms with E-state index in [-0.39, 0.29) is 0 Å². The Bertz CT molecular complexity index is 1170. The van der Waals surface area contributed by atoms with Crippen LogP contribution in [0.25, 0.3) is 16.8 Å². The molecule has 4 aromatic rings. The number of para-hydroxylation sites is 1. The average molecular weight is 412 g/mol. The summed E-state index contributed by atoms with van der Waals surface area (Å²) in [5.74, 6) is -0.986. The lowest BCUT2D eigenvalue weighted by atomic mass is 10.0. The van der Waals surface area contributed by atoms with Crippen LogP contribution >= 0.6 is 0 Å². The molecule has 154 valence electrons. The molecule has 1 heterocycles. The zero-order valence-electron chi connectivity index (χ0n) is 16.8. The third-order valence-corrected chi connectivity index (χ3v) is 4.71. The zero-order valence-corrected chi connectivity index (χ0v) is 16.8. The second-order valence-corrected chi connectivity index (χ2v) is 6.84. The van der Waals surface area contributed by atoms with Gasteiger partial charge in [-0.2, -0.15) is 5.10 Å². The zero-order chi connectivity index (χ0) is 21.6. The Morgan fingerprint density at radius 2 is 1.65 bits per heavy atom. The van der Waals surface area contributed by atoms with E-state index in [4.69, 9.17) is 4.74 Å². The monoisotopic (exact) mass is 412 g/mol. The number of amides is 1. The minimum Gasteiger partial charge on any atom is -0.449 e.